The molecule has 0 bridgehead atoms. The lowest BCUT2D eigenvalue weighted by atomic mass is 9.85. The molecular weight excluding hydrogens is 284 g/mol. The summed E-state index contributed by atoms with van der Waals surface area (Å²) in [4.78, 5) is 24.7. The number of carbonyl (C=O) groups is 2. The molecule has 1 atom stereocenters. The summed E-state index contributed by atoms with van der Waals surface area (Å²) < 4.78 is 5.63. The van der Waals surface area contributed by atoms with Crippen molar-refractivity contribution in [2.24, 2.45) is 0 Å². The summed E-state index contributed by atoms with van der Waals surface area (Å²) in [5, 5.41) is 11.9. The van der Waals surface area contributed by atoms with Crippen molar-refractivity contribution in [2.75, 3.05) is 19.7 Å². The number of carbonyl (C=O) groups excluding carboxylic acids is 1. The first-order valence-electron chi connectivity index (χ1n) is 8.45. The number of amides is 1. The van der Waals surface area contributed by atoms with E-state index in [9.17, 15) is 9.59 Å². The van der Waals surface area contributed by atoms with Crippen LogP contribution in [0.3, 0.4) is 0 Å². The van der Waals surface area contributed by atoms with E-state index in [1.807, 2.05) is 11.8 Å². The van der Waals surface area contributed by atoms with Gasteiger partial charge in [-0.2, -0.15) is 0 Å². The highest BCUT2D eigenvalue weighted by Crippen LogP contribution is 2.26. The molecule has 0 radical (unpaired) electrons. The summed E-state index contributed by atoms with van der Waals surface area (Å²) >= 11 is 0. The van der Waals surface area contributed by atoms with E-state index in [1.54, 1.807) is 0 Å². The molecule has 1 saturated heterocycles. The third-order valence-corrected chi connectivity index (χ3v) is 4.71. The topological polar surface area (TPSA) is 78.9 Å². The SMILES string of the molecule is CCN(CC(=O)O)C1CC(NC(=O)CC[C@H]2CCCCO2)C1. The number of hydrogen-bond donors (Lipinski definition) is 2. The fourth-order valence-electron chi connectivity index (χ4n) is 3.30. The second kappa shape index (κ2) is 8.48. The fourth-order valence-corrected chi connectivity index (χ4v) is 3.30. The molecule has 0 spiro atoms. The van der Waals surface area contributed by atoms with Crippen molar-refractivity contribution >= 4 is 11.9 Å². The van der Waals surface area contributed by atoms with E-state index in [2.05, 4.69) is 5.32 Å². The average molecular weight is 312 g/mol. The zero-order valence-corrected chi connectivity index (χ0v) is 13.4. The number of hydrogen-bond acceptors (Lipinski definition) is 4. The maximum Gasteiger partial charge on any atom is 0.317 e. The van der Waals surface area contributed by atoms with Gasteiger partial charge in [0, 0.05) is 25.1 Å². The highest BCUT2D eigenvalue weighted by Gasteiger charge is 2.34. The van der Waals surface area contributed by atoms with Crippen LogP contribution in [0.4, 0.5) is 0 Å². The molecule has 0 unspecified atom stereocenters. The van der Waals surface area contributed by atoms with Crippen molar-refractivity contribution in [3.05, 3.63) is 0 Å². The Morgan fingerprint density at radius 3 is 2.68 bits per heavy atom. The number of ether oxygens (including phenoxy) is 1. The fraction of sp³-hybridized carbons (Fsp3) is 0.875. The van der Waals surface area contributed by atoms with E-state index in [4.69, 9.17) is 9.84 Å². The van der Waals surface area contributed by atoms with Crippen molar-refractivity contribution in [3.8, 4) is 0 Å². The largest absolute Gasteiger partial charge is 0.480 e. The van der Waals surface area contributed by atoms with E-state index in [-0.39, 0.29) is 30.6 Å². The Balaban J connectivity index is 1.60. The molecule has 2 fully saturated rings. The highest BCUT2D eigenvalue weighted by atomic mass is 16.5. The smallest absolute Gasteiger partial charge is 0.317 e. The average Bonchev–Trinajstić information content (AvgIpc) is 2.47. The van der Waals surface area contributed by atoms with Crippen LogP contribution >= 0.6 is 0 Å². The normalized spacial score (nSPS) is 28.2. The van der Waals surface area contributed by atoms with Crippen molar-refractivity contribution < 1.29 is 19.4 Å². The Hall–Kier alpha value is -1.14. The van der Waals surface area contributed by atoms with Gasteiger partial charge in [-0.3, -0.25) is 14.5 Å². The van der Waals surface area contributed by atoms with Gasteiger partial charge >= 0.3 is 5.97 Å². The van der Waals surface area contributed by atoms with Crippen LogP contribution in [-0.2, 0) is 14.3 Å². The summed E-state index contributed by atoms with van der Waals surface area (Å²) in [5.41, 5.74) is 0. The first kappa shape index (κ1) is 17.2. The number of nitrogens with zero attached hydrogens (tertiary/aromatic N) is 1. The molecule has 6 heteroatoms. The molecule has 1 aliphatic carbocycles. The lowest BCUT2D eigenvalue weighted by molar-refractivity contribution is -0.139. The lowest BCUT2D eigenvalue weighted by Crippen LogP contribution is -2.54. The zero-order valence-electron chi connectivity index (χ0n) is 13.4. The third kappa shape index (κ3) is 5.25. The highest BCUT2D eigenvalue weighted by molar-refractivity contribution is 5.76. The molecule has 6 nitrogen and oxygen atoms in total. The van der Waals surface area contributed by atoms with Gasteiger partial charge in [0.1, 0.15) is 0 Å². The van der Waals surface area contributed by atoms with E-state index >= 15 is 0 Å². The lowest BCUT2D eigenvalue weighted by Gasteiger charge is -2.42. The van der Waals surface area contributed by atoms with Gasteiger partial charge in [0.25, 0.3) is 0 Å². The molecule has 2 N–H and O–H groups in total. The van der Waals surface area contributed by atoms with Gasteiger partial charge in [0.2, 0.25) is 5.91 Å². The summed E-state index contributed by atoms with van der Waals surface area (Å²) in [6.45, 7) is 3.61. The van der Waals surface area contributed by atoms with Crippen LogP contribution in [-0.4, -0.2) is 59.8 Å². The summed E-state index contributed by atoms with van der Waals surface area (Å²) in [6, 6.07) is 0.487. The minimum Gasteiger partial charge on any atom is -0.480 e. The van der Waals surface area contributed by atoms with Gasteiger partial charge in [-0.1, -0.05) is 6.92 Å². The maximum atomic E-state index is 11.9. The Labute approximate surface area is 132 Å². The molecule has 1 aliphatic heterocycles. The van der Waals surface area contributed by atoms with Crippen LogP contribution in [0.15, 0.2) is 0 Å². The first-order chi connectivity index (χ1) is 10.6. The minimum absolute atomic E-state index is 0.0842. The molecule has 0 aromatic heterocycles. The van der Waals surface area contributed by atoms with Gasteiger partial charge in [-0.05, 0) is 45.1 Å². The molecule has 1 amide bonds. The predicted molar refractivity (Wildman–Crippen MR) is 82.7 cm³/mol. The third-order valence-electron chi connectivity index (χ3n) is 4.71. The van der Waals surface area contributed by atoms with Crippen molar-refractivity contribution in [3.63, 3.8) is 0 Å². The summed E-state index contributed by atoms with van der Waals surface area (Å²) in [6.07, 6.45) is 6.70. The van der Waals surface area contributed by atoms with Crippen molar-refractivity contribution in [1.82, 2.24) is 10.2 Å². The first-order valence-corrected chi connectivity index (χ1v) is 8.45. The standard InChI is InChI=1S/C16H28N2O4/c1-2-18(11-16(20)21)13-9-12(10-13)17-15(19)7-6-14-5-3-4-8-22-14/h12-14H,2-11H2,1H3,(H,17,19)(H,20,21)/t12?,13?,14-/m1/s1. The molecule has 126 valence electrons. The van der Waals surface area contributed by atoms with Crippen LogP contribution in [0.5, 0.6) is 0 Å². The molecule has 0 aromatic carbocycles. The van der Waals surface area contributed by atoms with Gasteiger partial charge in [-0.15, -0.1) is 0 Å². The Morgan fingerprint density at radius 1 is 1.32 bits per heavy atom. The summed E-state index contributed by atoms with van der Waals surface area (Å²) in [7, 11) is 0. The zero-order chi connectivity index (χ0) is 15.9. The Kier molecular flexibility index (Phi) is 6.64. The quantitative estimate of drug-likeness (QED) is 0.708. The molecular formula is C16H28N2O4. The van der Waals surface area contributed by atoms with Crippen LogP contribution in [0.25, 0.3) is 0 Å². The maximum absolute atomic E-state index is 11.9. The second-order valence-electron chi connectivity index (χ2n) is 6.37. The number of rotatable bonds is 8. The molecule has 2 rings (SSSR count). The van der Waals surface area contributed by atoms with Gasteiger partial charge < -0.3 is 15.2 Å². The van der Waals surface area contributed by atoms with E-state index in [1.165, 1.54) is 6.42 Å². The predicted octanol–water partition coefficient (Wildman–Crippen LogP) is 1.39. The Morgan fingerprint density at radius 2 is 2.09 bits per heavy atom. The van der Waals surface area contributed by atoms with Crippen LogP contribution in [0.1, 0.15) is 51.9 Å². The van der Waals surface area contributed by atoms with Gasteiger partial charge in [0.05, 0.1) is 12.6 Å². The number of carboxylic acid groups (broad SMARTS) is 1. The van der Waals surface area contributed by atoms with Crippen LogP contribution in [0, 0.1) is 0 Å². The molecule has 2 aliphatic rings. The Bertz CT molecular complexity index is 376. The number of aliphatic carboxylic acids is 1. The number of nitrogens with one attached hydrogen (secondary N) is 1. The molecule has 1 saturated carbocycles. The van der Waals surface area contributed by atoms with Crippen molar-refractivity contribution in [2.45, 2.75) is 70.1 Å². The van der Waals surface area contributed by atoms with E-state index < -0.39 is 5.97 Å². The molecule has 0 aromatic rings. The molecule has 1 heterocycles. The molecule has 22 heavy (non-hydrogen) atoms. The number of likely N-dealkylation sites (N-methyl/N-ethyl adjacent to an activating group) is 1. The second-order valence-corrected chi connectivity index (χ2v) is 6.37. The van der Waals surface area contributed by atoms with Crippen LogP contribution < -0.4 is 5.32 Å². The van der Waals surface area contributed by atoms with E-state index in [0.717, 1.165) is 45.3 Å². The minimum atomic E-state index is -0.790. The number of carboxylic acids is 1. The van der Waals surface area contributed by atoms with Gasteiger partial charge in [0.15, 0.2) is 0 Å². The van der Waals surface area contributed by atoms with Crippen molar-refractivity contribution in [1.29, 1.82) is 0 Å². The van der Waals surface area contributed by atoms with E-state index in [0.29, 0.717) is 6.42 Å². The van der Waals surface area contributed by atoms with Gasteiger partial charge in [-0.25, -0.2) is 0 Å². The van der Waals surface area contributed by atoms with Crippen LogP contribution in [0.2, 0.25) is 0 Å². The summed E-state index contributed by atoms with van der Waals surface area (Å²) in [5.74, 6) is -0.694. The monoisotopic (exact) mass is 312 g/mol.